The van der Waals surface area contributed by atoms with E-state index < -0.39 is 11.1 Å². The summed E-state index contributed by atoms with van der Waals surface area (Å²) in [5.74, 6) is 0.449. The molecule has 6 atom stereocenters. The molecule has 1 saturated carbocycles. The number of carbonyl (C=O) groups excluding carboxylic acids is 2. The smallest absolute Gasteiger partial charge is 0.409 e. The molecular weight excluding hydrogens is 604 g/mol. The number of benzene rings is 3. The SMILES string of the molecule is COC(=O)N1CC[C@]2(/N=N/c3cccc4c3CC3N(C(=O)OC)CC[C@]43/N=N/[C@@]34CCCC3Cc3ccccc34)c3ccccc3CC12. The van der Waals surface area contributed by atoms with Gasteiger partial charge in [-0.3, -0.25) is 0 Å². The Bertz CT molecular complexity index is 1890. The van der Waals surface area contributed by atoms with Crippen LogP contribution in [0.2, 0.25) is 0 Å². The molecule has 246 valence electrons. The molecule has 4 aliphatic carbocycles. The molecule has 3 fully saturated rings. The number of fused-ring (bicyclic) bond motifs is 9. The number of azo groups is 2. The minimum Gasteiger partial charge on any atom is -0.453 e. The predicted molar refractivity (Wildman–Crippen MR) is 177 cm³/mol. The maximum Gasteiger partial charge on any atom is 0.409 e. The van der Waals surface area contributed by atoms with Crippen molar-refractivity contribution >= 4 is 17.9 Å². The monoisotopic (exact) mass is 644 g/mol. The molecule has 2 heterocycles. The van der Waals surface area contributed by atoms with E-state index in [0.717, 1.165) is 48.1 Å². The standard InChI is InChI=1S/C38H40N6O4/c1-47-34(45)43-19-17-37(29-13-6-4-10-25(29)22-32(37)43)40-39-31-15-7-14-30-27(31)23-33-38(30,18-20-44(33)35(46)48-2)42-41-36-16-8-11-26(36)21-24-9-3-5-12-28(24)36/h3-7,9-10,12-15,26,32-33H,8,11,16-23H2,1-2H3/b40-39+,42-41+/t26?,32?,33?,36-,37-,38-/m0/s1. The van der Waals surface area contributed by atoms with Crippen LogP contribution in [0.3, 0.4) is 0 Å². The first-order valence-corrected chi connectivity index (χ1v) is 17.3. The van der Waals surface area contributed by atoms with Gasteiger partial charge in [-0.25, -0.2) is 9.59 Å². The lowest BCUT2D eigenvalue weighted by Crippen LogP contribution is -2.42. The quantitative estimate of drug-likeness (QED) is 0.277. The maximum atomic E-state index is 13.1. The molecular formula is C38H40N6O4. The largest absolute Gasteiger partial charge is 0.453 e. The maximum absolute atomic E-state index is 13.1. The highest BCUT2D eigenvalue weighted by atomic mass is 16.5. The van der Waals surface area contributed by atoms with E-state index in [1.54, 1.807) is 4.90 Å². The van der Waals surface area contributed by atoms with E-state index in [9.17, 15) is 9.59 Å². The number of carbonyl (C=O) groups is 2. The molecule has 0 radical (unpaired) electrons. The predicted octanol–water partition coefficient (Wildman–Crippen LogP) is 7.36. The summed E-state index contributed by atoms with van der Waals surface area (Å²) in [5.41, 5.74) is 6.26. The van der Waals surface area contributed by atoms with Crippen LogP contribution in [0.4, 0.5) is 15.3 Å². The number of rotatable bonds is 4. The fourth-order valence-electron chi connectivity index (χ4n) is 10.3. The third kappa shape index (κ3) is 3.91. The summed E-state index contributed by atoms with van der Waals surface area (Å²) < 4.78 is 10.4. The highest BCUT2D eigenvalue weighted by Crippen LogP contribution is 2.58. The molecule has 10 nitrogen and oxygen atoms in total. The fraction of sp³-hybridized carbons (Fsp3) is 0.474. The average molecular weight is 645 g/mol. The molecule has 48 heavy (non-hydrogen) atoms. The van der Waals surface area contributed by atoms with Crippen molar-refractivity contribution in [2.45, 2.75) is 80.1 Å². The van der Waals surface area contributed by atoms with Crippen LogP contribution < -0.4 is 0 Å². The molecule has 0 aromatic heterocycles. The second-order valence-corrected chi connectivity index (χ2v) is 14.4. The van der Waals surface area contributed by atoms with E-state index >= 15 is 0 Å². The van der Waals surface area contributed by atoms with E-state index in [4.69, 9.17) is 29.9 Å². The van der Waals surface area contributed by atoms with E-state index in [1.807, 2.05) is 29.2 Å². The summed E-state index contributed by atoms with van der Waals surface area (Å²) in [6.45, 7) is 1.11. The molecule has 2 amide bonds. The molecule has 3 aromatic carbocycles. The first-order valence-electron chi connectivity index (χ1n) is 17.3. The molecule has 9 rings (SSSR count). The van der Waals surface area contributed by atoms with E-state index in [0.29, 0.717) is 44.7 Å². The van der Waals surface area contributed by atoms with Crippen molar-refractivity contribution in [2.24, 2.45) is 26.4 Å². The van der Waals surface area contributed by atoms with Crippen molar-refractivity contribution in [3.05, 3.63) is 100 Å². The second-order valence-electron chi connectivity index (χ2n) is 14.4. The third-order valence-electron chi connectivity index (χ3n) is 12.5. The molecule has 6 aliphatic rings. The zero-order valence-corrected chi connectivity index (χ0v) is 27.5. The molecule has 0 bridgehead atoms. The van der Waals surface area contributed by atoms with Gasteiger partial charge in [-0.1, -0.05) is 67.1 Å². The Labute approximate surface area is 280 Å². The van der Waals surface area contributed by atoms with Crippen LogP contribution in [0.25, 0.3) is 0 Å². The van der Waals surface area contributed by atoms with Crippen molar-refractivity contribution in [2.75, 3.05) is 27.3 Å². The summed E-state index contributed by atoms with van der Waals surface area (Å²) >= 11 is 0. The van der Waals surface area contributed by atoms with Crippen LogP contribution in [0.5, 0.6) is 0 Å². The van der Waals surface area contributed by atoms with Crippen LogP contribution in [-0.4, -0.2) is 61.4 Å². The number of hydrogen-bond acceptors (Lipinski definition) is 8. The molecule has 10 heteroatoms. The molecule has 2 saturated heterocycles. The summed E-state index contributed by atoms with van der Waals surface area (Å²) in [7, 11) is 2.87. The normalized spacial score (nSPS) is 32.3. The average Bonchev–Trinajstić information content (AvgIpc) is 3.94. The van der Waals surface area contributed by atoms with Crippen molar-refractivity contribution in [1.82, 2.24) is 9.80 Å². The highest BCUT2D eigenvalue weighted by Gasteiger charge is 2.59. The Hall–Kier alpha value is -4.60. The van der Waals surface area contributed by atoms with Gasteiger partial charge in [-0.15, -0.1) is 0 Å². The zero-order valence-electron chi connectivity index (χ0n) is 27.5. The topological polar surface area (TPSA) is 109 Å². The molecule has 0 N–H and O–H groups in total. The lowest BCUT2D eigenvalue weighted by atomic mass is 9.86. The molecule has 3 unspecified atom stereocenters. The van der Waals surface area contributed by atoms with Gasteiger partial charge in [0.1, 0.15) is 16.6 Å². The molecule has 0 spiro atoms. The third-order valence-corrected chi connectivity index (χ3v) is 12.5. The van der Waals surface area contributed by atoms with E-state index in [-0.39, 0.29) is 29.8 Å². The number of methoxy groups -OCH3 is 2. The van der Waals surface area contributed by atoms with Crippen LogP contribution in [0, 0.1) is 5.92 Å². The minimum atomic E-state index is -0.690. The summed E-state index contributed by atoms with van der Waals surface area (Å²) in [4.78, 5) is 29.6. The number of amides is 2. The van der Waals surface area contributed by atoms with Gasteiger partial charge in [0, 0.05) is 13.1 Å². The van der Waals surface area contributed by atoms with Gasteiger partial charge in [-0.2, -0.15) is 20.5 Å². The van der Waals surface area contributed by atoms with Gasteiger partial charge < -0.3 is 19.3 Å². The number of nitrogens with zero attached hydrogens (tertiary/aromatic N) is 6. The van der Waals surface area contributed by atoms with Crippen LogP contribution in [0.1, 0.15) is 65.5 Å². The van der Waals surface area contributed by atoms with Crippen molar-refractivity contribution in [3.63, 3.8) is 0 Å². The Balaban J connectivity index is 1.13. The van der Waals surface area contributed by atoms with Crippen molar-refractivity contribution in [3.8, 4) is 0 Å². The van der Waals surface area contributed by atoms with E-state index in [1.165, 1.54) is 30.9 Å². The number of likely N-dealkylation sites (tertiary alicyclic amines) is 2. The lowest BCUT2D eigenvalue weighted by molar-refractivity contribution is 0.112. The van der Waals surface area contributed by atoms with Crippen molar-refractivity contribution in [1.29, 1.82) is 0 Å². The van der Waals surface area contributed by atoms with Crippen LogP contribution >= 0.6 is 0 Å². The van der Waals surface area contributed by atoms with Gasteiger partial charge in [0.25, 0.3) is 0 Å². The minimum absolute atomic E-state index is 0.162. The summed E-state index contributed by atoms with van der Waals surface area (Å²) in [5, 5.41) is 20.9. The first-order chi connectivity index (χ1) is 23.4. The second kappa shape index (κ2) is 10.7. The Morgan fingerprint density at radius 1 is 0.667 bits per heavy atom. The highest BCUT2D eigenvalue weighted by molar-refractivity contribution is 5.71. The van der Waals surface area contributed by atoms with Gasteiger partial charge in [0.15, 0.2) is 0 Å². The Kier molecular flexibility index (Phi) is 6.59. The van der Waals surface area contributed by atoms with Gasteiger partial charge >= 0.3 is 12.2 Å². The fourth-order valence-corrected chi connectivity index (χ4v) is 10.3. The number of ether oxygens (including phenoxy) is 2. The lowest BCUT2D eigenvalue weighted by Gasteiger charge is -2.31. The summed E-state index contributed by atoms with van der Waals surface area (Å²) in [6, 6.07) is 22.8. The van der Waals surface area contributed by atoms with E-state index in [2.05, 4.69) is 42.5 Å². The van der Waals surface area contributed by atoms with Gasteiger partial charge in [-0.05, 0) is 90.3 Å². The van der Waals surface area contributed by atoms with Crippen LogP contribution in [-0.2, 0) is 45.4 Å². The first kappa shape index (κ1) is 29.5. The Morgan fingerprint density at radius 2 is 1.25 bits per heavy atom. The van der Waals surface area contributed by atoms with Gasteiger partial charge in [0.2, 0.25) is 0 Å². The zero-order chi connectivity index (χ0) is 32.7. The Morgan fingerprint density at radius 3 is 1.96 bits per heavy atom. The summed E-state index contributed by atoms with van der Waals surface area (Å²) in [6.07, 6.45) is 6.30. The van der Waals surface area contributed by atoms with Gasteiger partial charge in [0.05, 0.1) is 32.0 Å². The van der Waals surface area contributed by atoms with Crippen molar-refractivity contribution < 1.29 is 19.1 Å². The number of hydrogen-bond donors (Lipinski definition) is 0. The molecule has 3 aromatic rings. The van der Waals surface area contributed by atoms with Crippen LogP contribution in [0.15, 0.2) is 87.2 Å². The molecule has 2 aliphatic heterocycles.